The Hall–Kier alpha value is -3.07. The Bertz CT molecular complexity index is 847. The molecule has 2 N–H and O–H groups in total. The summed E-state index contributed by atoms with van der Waals surface area (Å²) < 4.78 is 6.92. The molecule has 0 atom stereocenters. The average molecular weight is 279 g/mol. The van der Waals surface area contributed by atoms with E-state index in [1.54, 1.807) is 24.1 Å². The third-order valence-electron chi connectivity index (χ3n) is 3.29. The maximum Gasteiger partial charge on any atom is 0.213 e. The van der Waals surface area contributed by atoms with E-state index in [1.807, 2.05) is 30.3 Å². The molecule has 0 unspecified atom stereocenters. The van der Waals surface area contributed by atoms with Crippen molar-refractivity contribution in [2.75, 3.05) is 12.8 Å². The van der Waals surface area contributed by atoms with E-state index in [-0.39, 0.29) is 0 Å². The number of nitrogen functional groups attached to an aromatic ring is 1. The maximum absolute atomic E-state index is 8.99. The summed E-state index contributed by atoms with van der Waals surface area (Å²) in [7, 11) is 1.61. The number of nitrogens with two attached hydrogens (primary N) is 1. The SMILES string of the molecule is COc1ccc2cc(Cn3ccnc3C#N)c(N)nc2c1. The van der Waals surface area contributed by atoms with Crippen LogP contribution in [0.15, 0.2) is 36.7 Å². The van der Waals surface area contributed by atoms with Crippen molar-refractivity contribution in [3.63, 3.8) is 0 Å². The summed E-state index contributed by atoms with van der Waals surface area (Å²) in [5.74, 6) is 1.53. The number of anilines is 1. The van der Waals surface area contributed by atoms with Gasteiger partial charge in [0.25, 0.3) is 0 Å². The lowest BCUT2D eigenvalue weighted by Crippen LogP contribution is -2.06. The van der Waals surface area contributed by atoms with Crippen LogP contribution in [0.1, 0.15) is 11.4 Å². The fourth-order valence-electron chi connectivity index (χ4n) is 2.19. The molecule has 0 spiro atoms. The molecule has 0 fully saturated rings. The van der Waals surface area contributed by atoms with Gasteiger partial charge in [-0.2, -0.15) is 5.26 Å². The molecule has 2 heterocycles. The quantitative estimate of drug-likeness (QED) is 0.791. The Balaban J connectivity index is 2.03. The summed E-state index contributed by atoms with van der Waals surface area (Å²) in [5.41, 5.74) is 7.65. The summed E-state index contributed by atoms with van der Waals surface area (Å²) in [6.07, 6.45) is 3.34. The van der Waals surface area contributed by atoms with Crippen LogP contribution in [0.5, 0.6) is 5.75 Å². The number of ether oxygens (including phenoxy) is 1. The molecule has 0 aliphatic rings. The number of pyridine rings is 1. The van der Waals surface area contributed by atoms with Crippen LogP contribution >= 0.6 is 0 Å². The van der Waals surface area contributed by atoms with E-state index in [4.69, 9.17) is 15.7 Å². The average Bonchev–Trinajstić information content (AvgIpc) is 2.94. The molecule has 0 aliphatic heterocycles. The van der Waals surface area contributed by atoms with Gasteiger partial charge in [-0.1, -0.05) is 0 Å². The van der Waals surface area contributed by atoms with E-state index in [9.17, 15) is 0 Å². The zero-order valence-electron chi connectivity index (χ0n) is 11.4. The summed E-state index contributed by atoms with van der Waals surface area (Å²) in [6, 6.07) is 9.66. The highest BCUT2D eigenvalue weighted by Crippen LogP contribution is 2.23. The van der Waals surface area contributed by atoms with Crippen LogP contribution in [0.4, 0.5) is 5.82 Å². The Morgan fingerprint density at radius 1 is 1.38 bits per heavy atom. The minimum Gasteiger partial charge on any atom is -0.497 e. The lowest BCUT2D eigenvalue weighted by atomic mass is 10.1. The summed E-state index contributed by atoms with van der Waals surface area (Å²) >= 11 is 0. The number of methoxy groups -OCH3 is 1. The van der Waals surface area contributed by atoms with Gasteiger partial charge in [0, 0.05) is 29.4 Å². The molecule has 2 aromatic heterocycles. The second-order valence-corrected chi connectivity index (χ2v) is 4.58. The smallest absolute Gasteiger partial charge is 0.213 e. The van der Waals surface area contributed by atoms with Gasteiger partial charge in [-0.15, -0.1) is 0 Å². The molecule has 0 aliphatic carbocycles. The predicted octanol–water partition coefficient (Wildman–Crippen LogP) is 1.94. The highest BCUT2D eigenvalue weighted by molar-refractivity contribution is 5.82. The van der Waals surface area contributed by atoms with Crippen molar-refractivity contribution in [1.29, 1.82) is 5.26 Å². The monoisotopic (exact) mass is 279 g/mol. The number of hydrogen-bond donors (Lipinski definition) is 1. The summed E-state index contributed by atoms with van der Waals surface area (Å²) in [6.45, 7) is 0.462. The highest BCUT2D eigenvalue weighted by Gasteiger charge is 2.08. The standard InChI is InChI=1S/C15H13N5O/c1-21-12-3-2-10-6-11(15(17)19-13(10)7-12)9-20-5-4-18-14(20)8-16/h2-7H,9H2,1H3,(H2,17,19). The molecule has 0 bridgehead atoms. The van der Waals surface area contributed by atoms with Crippen molar-refractivity contribution in [2.45, 2.75) is 6.54 Å². The fraction of sp³-hybridized carbons (Fsp3) is 0.133. The van der Waals surface area contributed by atoms with Crippen molar-refractivity contribution in [2.24, 2.45) is 0 Å². The minimum absolute atomic E-state index is 0.351. The first-order chi connectivity index (χ1) is 10.2. The van der Waals surface area contributed by atoms with E-state index < -0.39 is 0 Å². The lowest BCUT2D eigenvalue weighted by Gasteiger charge is -2.09. The van der Waals surface area contributed by atoms with E-state index >= 15 is 0 Å². The van der Waals surface area contributed by atoms with Crippen LogP contribution in [0.3, 0.4) is 0 Å². The number of nitrogens with zero attached hydrogens (tertiary/aromatic N) is 4. The summed E-state index contributed by atoms with van der Waals surface area (Å²) in [4.78, 5) is 8.37. The van der Waals surface area contributed by atoms with E-state index in [0.29, 0.717) is 18.2 Å². The first-order valence-corrected chi connectivity index (χ1v) is 6.35. The van der Waals surface area contributed by atoms with Gasteiger partial charge in [-0.05, 0) is 18.2 Å². The molecule has 3 rings (SSSR count). The molecule has 0 amide bonds. The van der Waals surface area contributed by atoms with Crippen LogP contribution in [0.25, 0.3) is 10.9 Å². The molecule has 0 saturated carbocycles. The maximum atomic E-state index is 8.99. The number of fused-ring (bicyclic) bond motifs is 1. The molecule has 0 saturated heterocycles. The molecule has 6 nitrogen and oxygen atoms in total. The zero-order chi connectivity index (χ0) is 14.8. The highest BCUT2D eigenvalue weighted by atomic mass is 16.5. The molecule has 21 heavy (non-hydrogen) atoms. The number of rotatable bonds is 3. The van der Waals surface area contributed by atoms with Crippen molar-refractivity contribution < 1.29 is 4.74 Å². The number of aromatic nitrogens is 3. The van der Waals surface area contributed by atoms with Gasteiger partial charge in [-0.25, -0.2) is 9.97 Å². The van der Waals surface area contributed by atoms with Crippen LogP contribution < -0.4 is 10.5 Å². The topological polar surface area (TPSA) is 89.8 Å². The Kier molecular flexibility index (Phi) is 3.16. The Labute approximate surface area is 121 Å². The lowest BCUT2D eigenvalue weighted by molar-refractivity contribution is 0.415. The third-order valence-corrected chi connectivity index (χ3v) is 3.29. The van der Waals surface area contributed by atoms with E-state index in [1.165, 1.54) is 0 Å². The van der Waals surface area contributed by atoms with Gasteiger partial charge in [0.15, 0.2) is 0 Å². The first-order valence-electron chi connectivity index (χ1n) is 6.35. The fourth-order valence-corrected chi connectivity index (χ4v) is 2.19. The van der Waals surface area contributed by atoms with Crippen LogP contribution in [0, 0.1) is 11.3 Å². The molecule has 0 radical (unpaired) electrons. The molecule has 6 heteroatoms. The summed E-state index contributed by atoms with van der Waals surface area (Å²) in [5, 5.41) is 9.96. The third kappa shape index (κ3) is 2.37. The number of imidazole rings is 1. The predicted molar refractivity (Wildman–Crippen MR) is 78.8 cm³/mol. The number of nitriles is 1. The molecular formula is C15H13N5O. The second-order valence-electron chi connectivity index (χ2n) is 4.58. The number of benzene rings is 1. The molecule has 3 aromatic rings. The zero-order valence-corrected chi connectivity index (χ0v) is 11.4. The van der Waals surface area contributed by atoms with Crippen LogP contribution in [-0.2, 0) is 6.54 Å². The van der Waals surface area contributed by atoms with Crippen molar-refractivity contribution in [3.05, 3.63) is 48.0 Å². The van der Waals surface area contributed by atoms with Gasteiger partial charge in [0.1, 0.15) is 17.6 Å². The Morgan fingerprint density at radius 2 is 2.24 bits per heavy atom. The van der Waals surface area contributed by atoms with Gasteiger partial charge < -0.3 is 15.0 Å². The largest absolute Gasteiger partial charge is 0.497 e. The van der Waals surface area contributed by atoms with Gasteiger partial charge in [-0.3, -0.25) is 0 Å². The van der Waals surface area contributed by atoms with Gasteiger partial charge in [0.2, 0.25) is 5.82 Å². The Morgan fingerprint density at radius 3 is 3.00 bits per heavy atom. The van der Waals surface area contributed by atoms with Crippen LogP contribution in [0.2, 0.25) is 0 Å². The van der Waals surface area contributed by atoms with E-state index in [0.717, 1.165) is 22.2 Å². The molecule has 104 valence electrons. The van der Waals surface area contributed by atoms with E-state index in [2.05, 4.69) is 9.97 Å². The van der Waals surface area contributed by atoms with Crippen molar-refractivity contribution >= 4 is 16.7 Å². The first kappa shape index (κ1) is 12.9. The van der Waals surface area contributed by atoms with Crippen LogP contribution in [-0.4, -0.2) is 21.6 Å². The normalized spacial score (nSPS) is 10.5. The van der Waals surface area contributed by atoms with Gasteiger partial charge in [0.05, 0.1) is 19.2 Å². The van der Waals surface area contributed by atoms with Crippen molar-refractivity contribution in [3.8, 4) is 11.8 Å². The second kappa shape index (κ2) is 5.13. The molecule has 1 aromatic carbocycles. The molecular weight excluding hydrogens is 266 g/mol. The van der Waals surface area contributed by atoms with Crippen molar-refractivity contribution in [1.82, 2.24) is 14.5 Å². The minimum atomic E-state index is 0.351. The number of hydrogen-bond acceptors (Lipinski definition) is 5. The van der Waals surface area contributed by atoms with Gasteiger partial charge >= 0.3 is 0 Å².